The number of nitrogens with one attached hydrogen (secondary N) is 1. The normalized spacial score (nSPS) is 19.9. The van der Waals surface area contributed by atoms with Crippen LogP contribution in [0.4, 0.5) is 0 Å². The maximum Gasteiger partial charge on any atom is 0.262 e. The van der Waals surface area contributed by atoms with E-state index in [1.807, 2.05) is 24.4 Å². The Labute approximate surface area is 145 Å². The average molecular weight is 367 g/mol. The van der Waals surface area contributed by atoms with Crippen LogP contribution < -0.4 is 10.6 Å². The maximum atomic E-state index is 12.3. The first-order chi connectivity index (χ1) is 10.4. The molecule has 0 bridgehead atoms. The minimum absolute atomic E-state index is 0.144. The molecule has 1 heterocycles. The van der Waals surface area contributed by atoms with E-state index in [1.165, 1.54) is 0 Å². The predicted molar refractivity (Wildman–Crippen MR) is 88.5 cm³/mol. The van der Waals surface area contributed by atoms with E-state index in [0.717, 1.165) is 25.0 Å². The van der Waals surface area contributed by atoms with Crippen LogP contribution >= 0.6 is 34.8 Å². The van der Waals surface area contributed by atoms with Gasteiger partial charge in [0.25, 0.3) is 9.70 Å². The molecule has 7 heteroatoms. The largest absolute Gasteiger partial charge is 0.372 e. The summed E-state index contributed by atoms with van der Waals surface area (Å²) in [6, 6.07) is 7.28. The molecule has 1 aromatic carbocycles. The second-order valence-electron chi connectivity index (χ2n) is 5.47. The Kier molecular flexibility index (Phi) is 6.36. The van der Waals surface area contributed by atoms with E-state index in [9.17, 15) is 4.79 Å². The smallest absolute Gasteiger partial charge is 0.262 e. The third kappa shape index (κ3) is 5.28. The molecule has 122 valence electrons. The summed E-state index contributed by atoms with van der Waals surface area (Å²) in [4.78, 5) is 12.3. The highest BCUT2D eigenvalue weighted by atomic mass is 35.6. The van der Waals surface area contributed by atoms with Crippen molar-refractivity contribution in [1.29, 1.82) is 0 Å². The Morgan fingerprint density at radius 1 is 1.50 bits per heavy atom. The molecule has 1 aliphatic rings. The Hall–Kier alpha value is -0.520. The van der Waals surface area contributed by atoms with Gasteiger partial charge >= 0.3 is 0 Å². The average Bonchev–Trinajstić information content (AvgIpc) is 2.95. The van der Waals surface area contributed by atoms with Gasteiger partial charge in [0.2, 0.25) is 6.17 Å². The number of quaternary nitrogens is 1. The Morgan fingerprint density at radius 3 is 2.86 bits per heavy atom. The van der Waals surface area contributed by atoms with Crippen LogP contribution in [-0.4, -0.2) is 35.1 Å². The molecule has 3 N–H and O–H groups in total. The lowest BCUT2D eigenvalue weighted by atomic mass is 10.1. The summed E-state index contributed by atoms with van der Waals surface area (Å²) in [6.45, 7) is 3.34. The third-order valence-electron chi connectivity index (χ3n) is 3.58. The Balaban J connectivity index is 1.98. The van der Waals surface area contributed by atoms with Gasteiger partial charge in [-0.25, -0.2) is 0 Å². The number of carbonyl (C=O) groups is 1. The van der Waals surface area contributed by atoms with Gasteiger partial charge in [-0.2, -0.15) is 0 Å². The molecule has 4 nitrogen and oxygen atoms in total. The van der Waals surface area contributed by atoms with Crippen LogP contribution in [0.2, 0.25) is 0 Å². The lowest BCUT2D eigenvalue weighted by Crippen LogP contribution is -2.97. The SMILES string of the molecule is Cc1cccc(C(=O)NC([NH2+]CC2CCCO2)C(Cl)(Cl)Cl)c1. The van der Waals surface area contributed by atoms with Gasteiger partial charge < -0.3 is 10.1 Å². The molecule has 1 fully saturated rings. The van der Waals surface area contributed by atoms with E-state index < -0.39 is 9.96 Å². The van der Waals surface area contributed by atoms with Crippen molar-refractivity contribution in [2.24, 2.45) is 0 Å². The lowest BCUT2D eigenvalue weighted by molar-refractivity contribution is -0.697. The summed E-state index contributed by atoms with van der Waals surface area (Å²) in [5.74, 6) is -0.261. The highest BCUT2D eigenvalue weighted by molar-refractivity contribution is 6.68. The zero-order valence-corrected chi connectivity index (χ0v) is 14.6. The zero-order chi connectivity index (χ0) is 16.2. The van der Waals surface area contributed by atoms with Crippen molar-refractivity contribution in [2.45, 2.75) is 35.8 Å². The monoisotopic (exact) mass is 365 g/mol. The molecular formula is C15H20Cl3N2O2+. The van der Waals surface area contributed by atoms with Gasteiger partial charge in [0.15, 0.2) is 0 Å². The van der Waals surface area contributed by atoms with E-state index in [2.05, 4.69) is 5.32 Å². The van der Waals surface area contributed by atoms with Crippen molar-refractivity contribution < 1.29 is 14.8 Å². The minimum Gasteiger partial charge on any atom is -0.372 e. The first-order valence-electron chi connectivity index (χ1n) is 7.25. The van der Waals surface area contributed by atoms with Gasteiger partial charge in [0.05, 0.1) is 0 Å². The number of hydrogen-bond donors (Lipinski definition) is 2. The molecule has 0 spiro atoms. The van der Waals surface area contributed by atoms with Crippen LogP contribution in [-0.2, 0) is 4.74 Å². The summed E-state index contributed by atoms with van der Waals surface area (Å²) in [5, 5.41) is 4.59. The van der Waals surface area contributed by atoms with Crippen LogP contribution in [0.1, 0.15) is 28.8 Å². The molecule has 0 saturated carbocycles. The highest BCUT2D eigenvalue weighted by Gasteiger charge is 2.38. The molecule has 0 aliphatic carbocycles. The van der Waals surface area contributed by atoms with Gasteiger partial charge in [0, 0.05) is 12.2 Å². The Bertz CT molecular complexity index is 514. The molecular weight excluding hydrogens is 347 g/mol. The fourth-order valence-corrected chi connectivity index (χ4v) is 2.83. The fourth-order valence-electron chi connectivity index (χ4n) is 2.40. The number of alkyl halides is 3. The number of aryl methyl sites for hydroxylation is 1. The quantitative estimate of drug-likeness (QED) is 0.620. The number of amides is 1. The van der Waals surface area contributed by atoms with Gasteiger partial charge in [0.1, 0.15) is 12.6 Å². The van der Waals surface area contributed by atoms with Gasteiger partial charge in [-0.05, 0) is 31.9 Å². The summed E-state index contributed by atoms with van der Waals surface area (Å²) >= 11 is 18.0. The van der Waals surface area contributed by atoms with Crippen LogP contribution in [0.3, 0.4) is 0 Å². The van der Waals surface area contributed by atoms with Crippen LogP contribution in [0.5, 0.6) is 0 Å². The van der Waals surface area contributed by atoms with Crippen LogP contribution in [0, 0.1) is 6.92 Å². The van der Waals surface area contributed by atoms with Crippen molar-refractivity contribution in [1.82, 2.24) is 5.32 Å². The minimum atomic E-state index is -1.60. The molecule has 1 saturated heterocycles. The van der Waals surface area contributed by atoms with E-state index in [0.29, 0.717) is 12.1 Å². The van der Waals surface area contributed by atoms with Crippen molar-refractivity contribution in [3.05, 3.63) is 35.4 Å². The first-order valence-corrected chi connectivity index (χ1v) is 8.39. The Morgan fingerprint density at radius 2 is 2.27 bits per heavy atom. The molecule has 2 atom stereocenters. The van der Waals surface area contributed by atoms with Crippen molar-refractivity contribution >= 4 is 40.7 Å². The lowest BCUT2D eigenvalue weighted by Gasteiger charge is -2.24. The van der Waals surface area contributed by atoms with Crippen molar-refractivity contribution in [3.63, 3.8) is 0 Å². The number of carbonyl (C=O) groups excluding carboxylic acids is 1. The highest BCUT2D eigenvalue weighted by Crippen LogP contribution is 2.27. The predicted octanol–water partition coefficient (Wildman–Crippen LogP) is 2.16. The molecule has 1 amide bonds. The zero-order valence-electron chi connectivity index (χ0n) is 12.3. The maximum absolute atomic E-state index is 12.3. The molecule has 0 aromatic heterocycles. The number of nitrogens with two attached hydrogens (primary N) is 1. The molecule has 1 aromatic rings. The molecule has 0 radical (unpaired) electrons. The summed E-state index contributed by atoms with van der Waals surface area (Å²) < 4.78 is 3.95. The van der Waals surface area contributed by atoms with E-state index in [4.69, 9.17) is 39.5 Å². The number of hydrogen-bond acceptors (Lipinski definition) is 2. The molecule has 2 rings (SSSR count). The number of rotatable bonds is 5. The van der Waals surface area contributed by atoms with Gasteiger partial charge in [-0.3, -0.25) is 10.1 Å². The van der Waals surface area contributed by atoms with E-state index >= 15 is 0 Å². The second-order valence-corrected chi connectivity index (χ2v) is 7.84. The molecule has 2 unspecified atom stereocenters. The topological polar surface area (TPSA) is 54.9 Å². The fraction of sp³-hybridized carbons (Fsp3) is 0.533. The standard InChI is InChI=1S/C15H19Cl3N2O2/c1-10-4-2-5-11(8-10)13(21)20-14(15(16,17)18)19-9-12-6-3-7-22-12/h2,4-5,8,12,14,19H,3,6-7,9H2,1H3,(H,20,21)/p+1. The van der Waals surface area contributed by atoms with E-state index in [1.54, 1.807) is 12.1 Å². The molecule has 22 heavy (non-hydrogen) atoms. The van der Waals surface area contributed by atoms with Crippen molar-refractivity contribution in [3.8, 4) is 0 Å². The number of ether oxygens (including phenoxy) is 1. The summed E-state index contributed by atoms with van der Waals surface area (Å²) in [7, 11) is 0. The summed E-state index contributed by atoms with van der Waals surface area (Å²) in [6.07, 6.45) is 1.52. The third-order valence-corrected chi connectivity index (χ3v) is 4.28. The molecule has 1 aliphatic heterocycles. The van der Waals surface area contributed by atoms with E-state index in [-0.39, 0.29) is 12.0 Å². The summed E-state index contributed by atoms with van der Waals surface area (Å²) in [5.41, 5.74) is 1.55. The van der Waals surface area contributed by atoms with Crippen molar-refractivity contribution in [2.75, 3.05) is 13.2 Å². The van der Waals surface area contributed by atoms with Crippen LogP contribution in [0.15, 0.2) is 24.3 Å². The first kappa shape index (κ1) is 17.8. The second kappa shape index (κ2) is 7.84. The van der Waals surface area contributed by atoms with Crippen LogP contribution in [0.25, 0.3) is 0 Å². The number of halogens is 3. The number of benzene rings is 1. The van der Waals surface area contributed by atoms with Gasteiger partial charge in [-0.1, -0.05) is 52.5 Å². The van der Waals surface area contributed by atoms with Gasteiger partial charge in [-0.15, -0.1) is 0 Å².